The number of piperidine rings is 1. The lowest BCUT2D eigenvalue weighted by Crippen LogP contribution is -2.44. The Morgan fingerprint density at radius 1 is 1.24 bits per heavy atom. The molecule has 2 atom stereocenters. The van der Waals surface area contributed by atoms with E-state index in [4.69, 9.17) is 9.47 Å². The van der Waals surface area contributed by atoms with Crippen LogP contribution in [0.3, 0.4) is 0 Å². The summed E-state index contributed by atoms with van der Waals surface area (Å²) in [6.07, 6.45) is 1.08. The van der Waals surface area contributed by atoms with Gasteiger partial charge < -0.3 is 14.4 Å². The van der Waals surface area contributed by atoms with Crippen molar-refractivity contribution in [1.82, 2.24) is 4.90 Å². The van der Waals surface area contributed by atoms with E-state index in [0.29, 0.717) is 24.9 Å². The molecule has 0 aliphatic carbocycles. The third kappa shape index (κ3) is 5.74. The van der Waals surface area contributed by atoms with Crippen LogP contribution in [0.1, 0.15) is 20.3 Å². The summed E-state index contributed by atoms with van der Waals surface area (Å²) in [5.41, 5.74) is -0.130. The van der Waals surface area contributed by atoms with E-state index in [2.05, 4.69) is 13.8 Å². The summed E-state index contributed by atoms with van der Waals surface area (Å²) in [5.74, 6) is 0.137. The first-order chi connectivity index (χ1) is 11.8. The van der Waals surface area contributed by atoms with Crippen molar-refractivity contribution in [2.45, 2.75) is 20.3 Å². The molecule has 0 saturated carbocycles. The van der Waals surface area contributed by atoms with E-state index in [0.717, 1.165) is 6.42 Å². The minimum Gasteiger partial charge on any atom is -0.482 e. The predicted octanol–water partition coefficient (Wildman–Crippen LogP) is 2.02. The van der Waals surface area contributed by atoms with Gasteiger partial charge >= 0.3 is 5.97 Å². The number of esters is 1. The zero-order valence-electron chi connectivity index (χ0n) is 14.3. The van der Waals surface area contributed by atoms with Crippen LogP contribution in [-0.2, 0) is 14.3 Å². The second-order valence-electron chi connectivity index (χ2n) is 6.45. The summed E-state index contributed by atoms with van der Waals surface area (Å²) in [7, 11) is 0. The molecular formula is C17H22N2O6. The lowest BCUT2D eigenvalue weighted by molar-refractivity contribution is -0.384. The number of likely N-dealkylation sites (tertiary alicyclic amines) is 1. The van der Waals surface area contributed by atoms with Crippen LogP contribution >= 0.6 is 0 Å². The smallest absolute Gasteiger partial charge is 0.344 e. The molecule has 1 amide bonds. The van der Waals surface area contributed by atoms with Gasteiger partial charge in [0.1, 0.15) is 5.75 Å². The van der Waals surface area contributed by atoms with Crippen molar-refractivity contribution in [2.24, 2.45) is 11.8 Å². The average molecular weight is 350 g/mol. The molecule has 0 aromatic heterocycles. The maximum Gasteiger partial charge on any atom is 0.344 e. The largest absolute Gasteiger partial charge is 0.482 e. The first kappa shape index (κ1) is 18.7. The van der Waals surface area contributed by atoms with Crippen LogP contribution < -0.4 is 4.74 Å². The topological polar surface area (TPSA) is 99.0 Å². The highest BCUT2D eigenvalue weighted by Crippen LogP contribution is 2.21. The molecule has 0 N–H and O–H groups in total. The number of non-ortho nitro benzene ring substituents is 1. The third-order valence-corrected chi connectivity index (χ3v) is 3.96. The summed E-state index contributed by atoms with van der Waals surface area (Å²) in [6.45, 7) is 4.79. The maximum atomic E-state index is 12.1. The molecule has 2 rings (SSSR count). The highest BCUT2D eigenvalue weighted by Gasteiger charge is 2.25. The van der Waals surface area contributed by atoms with Crippen LogP contribution in [0.25, 0.3) is 0 Å². The van der Waals surface area contributed by atoms with E-state index in [1.165, 1.54) is 24.3 Å². The normalized spacial score (nSPS) is 20.0. The van der Waals surface area contributed by atoms with E-state index >= 15 is 0 Å². The van der Waals surface area contributed by atoms with Crippen molar-refractivity contribution in [1.29, 1.82) is 0 Å². The number of ether oxygens (including phenoxy) is 2. The Morgan fingerprint density at radius 2 is 1.92 bits per heavy atom. The molecule has 1 fully saturated rings. The second-order valence-corrected chi connectivity index (χ2v) is 6.45. The lowest BCUT2D eigenvalue weighted by Gasteiger charge is -2.34. The minimum atomic E-state index is -0.696. The van der Waals surface area contributed by atoms with Crippen molar-refractivity contribution in [3.8, 4) is 5.75 Å². The van der Waals surface area contributed by atoms with Crippen LogP contribution in [0.2, 0.25) is 0 Å². The Bertz CT molecular complexity index is 638. The van der Waals surface area contributed by atoms with Crippen LogP contribution in [0, 0.1) is 22.0 Å². The number of benzene rings is 1. The van der Waals surface area contributed by atoms with E-state index in [1.54, 1.807) is 4.90 Å². The third-order valence-electron chi connectivity index (χ3n) is 3.96. The first-order valence-corrected chi connectivity index (χ1v) is 8.15. The Kier molecular flexibility index (Phi) is 6.32. The summed E-state index contributed by atoms with van der Waals surface area (Å²) < 4.78 is 10.1. The van der Waals surface area contributed by atoms with Gasteiger partial charge in [-0.15, -0.1) is 0 Å². The van der Waals surface area contributed by atoms with Crippen LogP contribution in [0.5, 0.6) is 5.75 Å². The Hall–Kier alpha value is -2.64. The Labute approximate surface area is 145 Å². The van der Waals surface area contributed by atoms with E-state index < -0.39 is 17.5 Å². The number of hydrogen-bond donors (Lipinski definition) is 0. The molecule has 0 unspecified atom stereocenters. The van der Waals surface area contributed by atoms with Gasteiger partial charge in [-0.2, -0.15) is 0 Å². The molecule has 136 valence electrons. The van der Waals surface area contributed by atoms with Gasteiger partial charge in [-0.25, -0.2) is 4.79 Å². The molecule has 1 aliphatic rings. The van der Waals surface area contributed by atoms with E-state index in [1.807, 2.05) is 0 Å². The molecule has 1 aromatic rings. The highest BCUT2D eigenvalue weighted by atomic mass is 16.6. The SMILES string of the molecule is C[C@@H]1C[C@H](C)CN(C(=O)COC(=O)COc2cccc([N+](=O)[O-])c2)C1. The second kappa shape index (κ2) is 8.46. The van der Waals surface area contributed by atoms with Crippen molar-refractivity contribution < 1.29 is 24.0 Å². The number of carbonyl (C=O) groups excluding carboxylic acids is 2. The molecular weight excluding hydrogens is 328 g/mol. The Morgan fingerprint density at radius 3 is 2.56 bits per heavy atom. The molecule has 0 spiro atoms. The molecule has 1 saturated heterocycles. The number of nitro benzene ring substituents is 1. The quantitative estimate of drug-likeness (QED) is 0.442. The van der Waals surface area contributed by atoms with Gasteiger partial charge in [-0.3, -0.25) is 14.9 Å². The number of nitrogens with zero attached hydrogens (tertiary/aromatic N) is 2. The fourth-order valence-corrected chi connectivity index (χ4v) is 2.97. The van der Waals surface area contributed by atoms with Crippen LogP contribution in [0.4, 0.5) is 5.69 Å². The predicted molar refractivity (Wildman–Crippen MR) is 89.1 cm³/mol. The van der Waals surface area contributed by atoms with E-state index in [9.17, 15) is 19.7 Å². The van der Waals surface area contributed by atoms with Gasteiger partial charge in [0.2, 0.25) is 0 Å². The maximum absolute atomic E-state index is 12.1. The molecule has 1 aromatic carbocycles. The molecule has 0 bridgehead atoms. The highest BCUT2D eigenvalue weighted by molar-refractivity contribution is 5.81. The fourth-order valence-electron chi connectivity index (χ4n) is 2.97. The number of rotatable bonds is 6. The summed E-state index contributed by atoms with van der Waals surface area (Å²) >= 11 is 0. The van der Waals surface area contributed by atoms with Gasteiger partial charge in [0, 0.05) is 19.2 Å². The summed E-state index contributed by atoms with van der Waals surface area (Å²) in [4.78, 5) is 35.7. The molecule has 1 heterocycles. The van der Waals surface area contributed by atoms with Crippen molar-refractivity contribution in [2.75, 3.05) is 26.3 Å². The lowest BCUT2D eigenvalue weighted by atomic mass is 9.92. The monoisotopic (exact) mass is 350 g/mol. The first-order valence-electron chi connectivity index (χ1n) is 8.15. The number of carbonyl (C=O) groups is 2. The Balaban J connectivity index is 1.76. The number of nitro groups is 1. The van der Waals surface area contributed by atoms with Gasteiger partial charge in [0.25, 0.3) is 11.6 Å². The van der Waals surface area contributed by atoms with Crippen molar-refractivity contribution in [3.63, 3.8) is 0 Å². The fraction of sp³-hybridized carbons (Fsp3) is 0.529. The van der Waals surface area contributed by atoms with Gasteiger partial charge in [-0.05, 0) is 24.3 Å². The van der Waals surface area contributed by atoms with Crippen molar-refractivity contribution >= 4 is 17.6 Å². The molecule has 25 heavy (non-hydrogen) atoms. The van der Waals surface area contributed by atoms with Crippen molar-refractivity contribution in [3.05, 3.63) is 34.4 Å². The molecule has 8 nitrogen and oxygen atoms in total. The van der Waals surface area contributed by atoms with Crippen LogP contribution in [-0.4, -0.2) is 48.0 Å². The zero-order chi connectivity index (χ0) is 18.4. The minimum absolute atomic E-state index is 0.130. The van der Waals surface area contributed by atoms with E-state index in [-0.39, 0.29) is 24.0 Å². The molecule has 8 heteroatoms. The average Bonchev–Trinajstić information content (AvgIpc) is 2.57. The van der Waals surface area contributed by atoms with Gasteiger partial charge in [-0.1, -0.05) is 19.9 Å². The standard InChI is InChI=1S/C17H22N2O6/c1-12-6-13(2)9-18(8-12)16(20)10-25-17(21)11-24-15-5-3-4-14(7-15)19(22)23/h3-5,7,12-13H,6,8-11H2,1-2H3/t12-,13+. The van der Waals surface area contributed by atoms with Gasteiger partial charge in [0.15, 0.2) is 13.2 Å². The zero-order valence-corrected chi connectivity index (χ0v) is 14.3. The molecule has 0 radical (unpaired) electrons. The number of amides is 1. The van der Waals surface area contributed by atoms with Gasteiger partial charge in [0.05, 0.1) is 11.0 Å². The van der Waals surface area contributed by atoms with Crippen LogP contribution in [0.15, 0.2) is 24.3 Å². The summed E-state index contributed by atoms with van der Waals surface area (Å²) in [5, 5.41) is 10.7. The number of hydrogen-bond acceptors (Lipinski definition) is 6. The summed E-state index contributed by atoms with van der Waals surface area (Å²) in [6, 6.07) is 5.50. The molecule has 1 aliphatic heterocycles.